The highest BCUT2D eigenvalue weighted by atomic mass is 16.7. The van der Waals surface area contributed by atoms with Gasteiger partial charge >= 0.3 is 11.9 Å². The molecule has 2 atom stereocenters. The average Bonchev–Trinajstić information content (AvgIpc) is 2.82. The zero-order valence-corrected chi connectivity index (χ0v) is 18.9. The van der Waals surface area contributed by atoms with Crippen LogP contribution in [0.1, 0.15) is 52.4 Å². The van der Waals surface area contributed by atoms with Crippen molar-refractivity contribution in [3.63, 3.8) is 0 Å². The normalized spacial score (nSPS) is 20.2. The Morgan fingerprint density at radius 3 is 1.97 bits per heavy atom. The van der Waals surface area contributed by atoms with Crippen LogP contribution in [0.3, 0.4) is 0 Å². The van der Waals surface area contributed by atoms with E-state index >= 15 is 0 Å². The van der Waals surface area contributed by atoms with Crippen molar-refractivity contribution in [3.8, 4) is 0 Å². The van der Waals surface area contributed by atoms with Crippen LogP contribution in [0.4, 0.5) is 0 Å². The van der Waals surface area contributed by atoms with Gasteiger partial charge in [-0.25, -0.2) is 0 Å². The number of aliphatic hydroxyl groups is 2. The van der Waals surface area contributed by atoms with Crippen molar-refractivity contribution in [1.29, 1.82) is 0 Å². The monoisotopic (exact) mass is 440 g/mol. The lowest BCUT2D eigenvalue weighted by molar-refractivity contribution is -0.230. The summed E-state index contributed by atoms with van der Waals surface area (Å²) in [6.45, 7) is 7.53. The number of ether oxygens (including phenoxy) is 4. The first-order valence-corrected chi connectivity index (χ1v) is 10.8. The molecule has 8 heteroatoms. The van der Waals surface area contributed by atoms with Crippen molar-refractivity contribution in [2.75, 3.05) is 26.4 Å². The zero-order valence-electron chi connectivity index (χ0n) is 18.9. The molecule has 2 rings (SSSR count). The number of carbonyl (C=O) groups excluding carboxylic acids is 2. The van der Waals surface area contributed by atoms with Crippen LogP contribution in [0.25, 0.3) is 0 Å². The van der Waals surface area contributed by atoms with Crippen molar-refractivity contribution in [1.82, 2.24) is 0 Å². The fourth-order valence-corrected chi connectivity index (χ4v) is 2.38. The maximum Gasteiger partial charge on any atom is 0.309 e. The van der Waals surface area contributed by atoms with E-state index < -0.39 is 6.10 Å². The van der Waals surface area contributed by atoms with Gasteiger partial charge < -0.3 is 29.2 Å². The largest absolute Gasteiger partial charge is 0.457 e. The molecule has 0 bridgehead atoms. The van der Waals surface area contributed by atoms with Gasteiger partial charge in [-0.3, -0.25) is 9.59 Å². The second-order valence-electron chi connectivity index (χ2n) is 7.51. The minimum absolute atomic E-state index is 0.0770. The summed E-state index contributed by atoms with van der Waals surface area (Å²) in [7, 11) is 0. The Hall–Kier alpha value is -2.00. The number of carbonyl (C=O) groups is 2. The summed E-state index contributed by atoms with van der Waals surface area (Å²) < 4.78 is 21.3. The standard InChI is InChI=1S/C15H20O4.C8H16O4/c1-3-11(2)14(16)19-13-9-17-15(18-10-13)12-7-5-4-6-8-12;1-3-6(2)8(11)12-7(4-9)5-10/h4-8,11,13,15H,3,9-10H2,1-2H3;6-7,9-10H,3-5H2,1-2H3. The van der Waals surface area contributed by atoms with Crippen LogP contribution in [0, 0.1) is 11.8 Å². The second-order valence-corrected chi connectivity index (χ2v) is 7.51. The van der Waals surface area contributed by atoms with Gasteiger partial charge in [0.25, 0.3) is 0 Å². The van der Waals surface area contributed by atoms with Crippen LogP contribution in [0.5, 0.6) is 0 Å². The molecule has 31 heavy (non-hydrogen) atoms. The van der Waals surface area contributed by atoms with Crippen molar-refractivity contribution in [2.24, 2.45) is 11.8 Å². The third-order valence-corrected chi connectivity index (χ3v) is 4.94. The molecule has 1 aromatic carbocycles. The van der Waals surface area contributed by atoms with Crippen molar-refractivity contribution >= 4 is 11.9 Å². The predicted molar refractivity (Wildman–Crippen MR) is 114 cm³/mol. The van der Waals surface area contributed by atoms with Gasteiger partial charge in [-0.05, 0) is 12.8 Å². The van der Waals surface area contributed by atoms with Gasteiger partial charge in [0.15, 0.2) is 6.29 Å². The third kappa shape index (κ3) is 9.78. The van der Waals surface area contributed by atoms with Crippen LogP contribution >= 0.6 is 0 Å². The highest BCUT2D eigenvalue weighted by Crippen LogP contribution is 2.23. The lowest BCUT2D eigenvalue weighted by Gasteiger charge is -2.29. The van der Waals surface area contributed by atoms with Crippen LogP contribution in [0.15, 0.2) is 30.3 Å². The highest BCUT2D eigenvalue weighted by molar-refractivity contribution is 5.72. The van der Waals surface area contributed by atoms with E-state index in [-0.39, 0.29) is 49.4 Å². The molecule has 0 radical (unpaired) electrons. The Morgan fingerprint density at radius 2 is 1.48 bits per heavy atom. The first kappa shape index (κ1) is 27.0. The highest BCUT2D eigenvalue weighted by Gasteiger charge is 2.27. The third-order valence-electron chi connectivity index (χ3n) is 4.94. The first-order valence-electron chi connectivity index (χ1n) is 10.8. The summed E-state index contributed by atoms with van der Waals surface area (Å²) >= 11 is 0. The van der Waals surface area contributed by atoms with Gasteiger partial charge in [-0.2, -0.15) is 0 Å². The van der Waals surface area contributed by atoms with Crippen LogP contribution in [-0.4, -0.2) is 60.8 Å². The molecule has 2 N–H and O–H groups in total. The Labute approximate surface area is 184 Å². The lowest BCUT2D eigenvalue weighted by Crippen LogP contribution is -2.36. The molecule has 1 saturated heterocycles. The SMILES string of the molecule is CCC(C)C(=O)OC(CO)CO.CCC(C)C(=O)OC1COC(c2ccccc2)OC1. The molecule has 2 unspecified atom stereocenters. The molecule has 0 aliphatic carbocycles. The minimum Gasteiger partial charge on any atom is -0.457 e. The summed E-state index contributed by atoms with van der Waals surface area (Å²) in [6, 6.07) is 9.74. The summed E-state index contributed by atoms with van der Waals surface area (Å²) in [5.74, 6) is -0.805. The minimum atomic E-state index is -0.772. The van der Waals surface area contributed by atoms with Gasteiger partial charge in [0.1, 0.15) is 12.2 Å². The molecule has 0 saturated carbocycles. The Morgan fingerprint density at radius 1 is 0.968 bits per heavy atom. The summed E-state index contributed by atoms with van der Waals surface area (Å²) in [5, 5.41) is 17.2. The topological polar surface area (TPSA) is 112 Å². The predicted octanol–water partition coefficient (Wildman–Crippen LogP) is 2.62. The molecule has 8 nitrogen and oxygen atoms in total. The van der Waals surface area contributed by atoms with E-state index in [4.69, 9.17) is 29.2 Å². The number of hydrogen-bond acceptors (Lipinski definition) is 8. The van der Waals surface area contributed by atoms with Gasteiger partial charge in [-0.15, -0.1) is 0 Å². The first-order chi connectivity index (χ1) is 14.9. The van der Waals surface area contributed by atoms with Gasteiger partial charge in [0.05, 0.1) is 38.3 Å². The van der Waals surface area contributed by atoms with E-state index in [1.807, 2.05) is 51.1 Å². The van der Waals surface area contributed by atoms with Crippen LogP contribution in [0.2, 0.25) is 0 Å². The number of hydrogen-bond donors (Lipinski definition) is 2. The quantitative estimate of drug-likeness (QED) is 0.564. The number of benzene rings is 1. The fourth-order valence-electron chi connectivity index (χ4n) is 2.38. The van der Waals surface area contributed by atoms with Crippen LogP contribution in [-0.2, 0) is 28.5 Å². The van der Waals surface area contributed by atoms with E-state index in [0.717, 1.165) is 12.0 Å². The molecule has 0 amide bonds. The maximum atomic E-state index is 11.7. The Bertz CT molecular complexity index is 624. The van der Waals surface area contributed by atoms with E-state index in [1.165, 1.54) is 0 Å². The van der Waals surface area contributed by atoms with E-state index in [1.54, 1.807) is 6.92 Å². The van der Waals surface area contributed by atoms with Gasteiger partial charge in [0, 0.05) is 5.56 Å². The molecule has 0 spiro atoms. The number of esters is 2. The maximum absolute atomic E-state index is 11.7. The molecule has 1 heterocycles. The molecule has 0 aromatic heterocycles. The van der Waals surface area contributed by atoms with Gasteiger partial charge in [-0.1, -0.05) is 58.0 Å². The van der Waals surface area contributed by atoms with Crippen molar-refractivity contribution in [2.45, 2.75) is 59.0 Å². The smallest absolute Gasteiger partial charge is 0.309 e. The summed E-state index contributed by atoms with van der Waals surface area (Å²) in [4.78, 5) is 22.7. The van der Waals surface area contributed by atoms with E-state index in [0.29, 0.717) is 19.6 Å². The fraction of sp³-hybridized carbons (Fsp3) is 0.652. The molecule has 176 valence electrons. The van der Waals surface area contributed by atoms with E-state index in [9.17, 15) is 9.59 Å². The average molecular weight is 441 g/mol. The Kier molecular flexibility index (Phi) is 13.0. The van der Waals surface area contributed by atoms with Crippen LogP contribution < -0.4 is 0 Å². The summed E-state index contributed by atoms with van der Waals surface area (Å²) in [5.41, 5.74) is 0.981. The Balaban J connectivity index is 0.000000348. The molecular weight excluding hydrogens is 404 g/mol. The summed E-state index contributed by atoms with van der Waals surface area (Å²) in [6.07, 6.45) is 0.0372. The molecule has 1 fully saturated rings. The molecule has 1 aromatic rings. The second kappa shape index (κ2) is 14.9. The van der Waals surface area contributed by atoms with Crippen molar-refractivity contribution < 1.29 is 38.7 Å². The molecule has 1 aliphatic rings. The number of rotatable bonds is 9. The van der Waals surface area contributed by atoms with E-state index in [2.05, 4.69) is 0 Å². The zero-order chi connectivity index (χ0) is 23.2. The lowest BCUT2D eigenvalue weighted by atomic mass is 10.1. The molecule has 1 aliphatic heterocycles. The van der Waals surface area contributed by atoms with Crippen molar-refractivity contribution in [3.05, 3.63) is 35.9 Å². The van der Waals surface area contributed by atoms with Gasteiger partial charge in [0.2, 0.25) is 0 Å². The number of aliphatic hydroxyl groups excluding tert-OH is 2. The molecular formula is C23H36O8.